The number of carbonyl (C=O) groups excluding carboxylic acids is 2. The Morgan fingerprint density at radius 3 is 2.20 bits per heavy atom. The van der Waals surface area contributed by atoms with Crippen molar-refractivity contribution in [3.8, 4) is 0 Å². The van der Waals surface area contributed by atoms with Crippen molar-refractivity contribution in [2.24, 2.45) is 0 Å². The van der Waals surface area contributed by atoms with Gasteiger partial charge in [0.05, 0.1) is 21.5 Å². The highest BCUT2D eigenvalue weighted by Crippen LogP contribution is 2.25. The molecular formula is C30H32Cl3N3O4S. The molecule has 0 spiro atoms. The van der Waals surface area contributed by atoms with Gasteiger partial charge in [-0.15, -0.1) is 0 Å². The predicted molar refractivity (Wildman–Crippen MR) is 163 cm³/mol. The molecule has 0 radical (unpaired) electrons. The minimum absolute atomic E-state index is 0.00745. The maximum absolute atomic E-state index is 14.0. The van der Waals surface area contributed by atoms with E-state index in [0.29, 0.717) is 20.6 Å². The van der Waals surface area contributed by atoms with Gasteiger partial charge in [0.25, 0.3) is 0 Å². The van der Waals surface area contributed by atoms with E-state index in [2.05, 4.69) is 5.32 Å². The summed E-state index contributed by atoms with van der Waals surface area (Å²) in [5.74, 6) is -0.809. The second kappa shape index (κ2) is 14.0. The fourth-order valence-electron chi connectivity index (χ4n) is 4.91. The van der Waals surface area contributed by atoms with Gasteiger partial charge >= 0.3 is 0 Å². The van der Waals surface area contributed by atoms with Crippen molar-refractivity contribution in [1.82, 2.24) is 14.5 Å². The van der Waals surface area contributed by atoms with Gasteiger partial charge in [0.15, 0.2) is 0 Å². The summed E-state index contributed by atoms with van der Waals surface area (Å²) < 4.78 is 27.5. The third-order valence-corrected chi connectivity index (χ3v) is 10.00. The van der Waals surface area contributed by atoms with Crippen molar-refractivity contribution in [2.45, 2.75) is 55.6 Å². The predicted octanol–water partition coefficient (Wildman–Crippen LogP) is 5.97. The number of carbonyl (C=O) groups is 2. The van der Waals surface area contributed by atoms with Crippen LogP contribution in [-0.4, -0.2) is 55.1 Å². The standard InChI is InChI=1S/C30H32Cl3N3O4S/c1-35(41(39,40)25-14-12-23(31)13-15-25)20-29(37)36(19-22-11-16-26(32)27(33)17-22)28(18-21-7-3-2-4-8-21)30(38)34-24-9-5-6-10-24/h2-4,7-8,11-17,24,28H,5-6,9-10,18-20H2,1H3,(H,34,38). The van der Waals surface area contributed by atoms with Crippen LogP contribution >= 0.6 is 34.8 Å². The summed E-state index contributed by atoms with van der Waals surface area (Å²) in [4.78, 5) is 29.2. The maximum atomic E-state index is 14.0. The number of nitrogens with zero attached hydrogens (tertiary/aromatic N) is 2. The Morgan fingerprint density at radius 1 is 0.902 bits per heavy atom. The second-order valence-corrected chi connectivity index (χ2v) is 13.5. The zero-order valence-electron chi connectivity index (χ0n) is 22.6. The number of amides is 2. The average Bonchev–Trinajstić information content (AvgIpc) is 3.46. The quantitative estimate of drug-likeness (QED) is 0.281. The number of nitrogens with one attached hydrogen (secondary N) is 1. The third-order valence-electron chi connectivity index (χ3n) is 7.19. The molecule has 1 unspecified atom stereocenters. The fourth-order valence-corrected chi connectivity index (χ4v) is 6.48. The van der Waals surface area contributed by atoms with E-state index >= 15 is 0 Å². The van der Waals surface area contributed by atoms with Crippen LogP contribution < -0.4 is 5.32 Å². The number of rotatable bonds is 11. The molecule has 3 aromatic rings. The van der Waals surface area contributed by atoms with Crippen molar-refractivity contribution in [2.75, 3.05) is 13.6 Å². The van der Waals surface area contributed by atoms with Crippen LogP contribution in [0.1, 0.15) is 36.8 Å². The van der Waals surface area contributed by atoms with E-state index in [1.165, 1.54) is 36.2 Å². The first-order valence-electron chi connectivity index (χ1n) is 13.3. The maximum Gasteiger partial charge on any atom is 0.243 e. The van der Waals surface area contributed by atoms with Crippen LogP contribution in [0.15, 0.2) is 77.7 Å². The zero-order valence-corrected chi connectivity index (χ0v) is 25.7. The summed E-state index contributed by atoms with van der Waals surface area (Å²) in [7, 11) is -2.67. The summed E-state index contributed by atoms with van der Waals surface area (Å²) in [5, 5.41) is 4.20. The molecule has 0 aliphatic heterocycles. The van der Waals surface area contributed by atoms with Gasteiger partial charge in [-0.25, -0.2) is 8.42 Å². The highest BCUT2D eigenvalue weighted by Gasteiger charge is 2.34. The first-order valence-corrected chi connectivity index (χ1v) is 15.9. The van der Waals surface area contributed by atoms with Gasteiger partial charge in [-0.05, 0) is 60.4 Å². The molecule has 0 heterocycles. The lowest BCUT2D eigenvalue weighted by molar-refractivity contribution is -0.141. The van der Waals surface area contributed by atoms with Crippen molar-refractivity contribution in [3.63, 3.8) is 0 Å². The fraction of sp³-hybridized carbons (Fsp3) is 0.333. The van der Waals surface area contributed by atoms with Crippen molar-refractivity contribution in [1.29, 1.82) is 0 Å². The molecule has 1 N–H and O–H groups in total. The topological polar surface area (TPSA) is 86.8 Å². The van der Waals surface area contributed by atoms with Gasteiger partial charge < -0.3 is 10.2 Å². The lowest BCUT2D eigenvalue weighted by Crippen LogP contribution is -2.54. The molecule has 7 nitrogen and oxygen atoms in total. The summed E-state index contributed by atoms with van der Waals surface area (Å²) in [6.07, 6.45) is 4.08. The molecule has 0 aromatic heterocycles. The van der Waals surface area contributed by atoms with Crippen molar-refractivity contribution in [3.05, 3.63) is 99.0 Å². The minimum atomic E-state index is -4.00. The lowest BCUT2D eigenvalue weighted by Gasteiger charge is -2.33. The van der Waals surface area contributed by atoms with Gasteiger partial charge in [-0.2, -0.15) is 4.31 Å². The van der Waals surface area contributed by atoms with E-state index in [1.807, 2.05) is 30.3 Å². The third kappa shape index (κ3) is 8.23. The van der Waals surface area contributed by atoms with E-state index in [4.69, 9.17) is 34.8 Å². The molecule has 11 heteroatoms. The molecule has 2 amide bonds. The Kier molecular flexibility index (Phi) is 10.7. The Hall–Kier alpha value is -2.62. The number of likely N-dealkylation sites (N-methyl/N-ethyl adjacent to an activating group) is 1. The van der Waals surface area contributed by atoms with Crippen LogP contribution in [0.5, 0.6) is 0 Å². The van der Waals surface area contributed by atoms with E-state index < -0.39 is 28.5 Å². The number of hydrogen-bond donors (Lipinski definition) is 1. The highest BCUT2D eigenvalue weighted by atomic mass is 35.5. The molecule has 4 rings (SSSR count). The van der Waals surface area contributed by atoms with Gasteiger partial charge in [0, 0.05) is 31.1 Å². The molecule has 1 fully saturated rings. The molecule has 218 valence electrons. The van der Waals surface area contributed by atoms with Gasteiger partial charge in [-0.3, -0.25) is 9.59 Å². The first kappa shape index (κ1) is 31.3. The monoisotopic (exact) mass is 635 g/mol. The van der Waals surface area contributed by atoms with Crippen LogP contribution in [0.3, 0.4) is 0 Å². The van der Waals surface area contributed by atoms with Crippen molar-refractivity contribution >= 4 is 56.6 Å². The largest absolute Gasteiger partial charge is 0.352 e. The zero-order chi connectivity index (χ0) is 29.6. The highest BCUT2D eigenvalue weighted by molar-refractivity contribution is 7.89. The molecule has 1 aliphatic rings. The van der Waals surface area contributed by atoms with Gasteiger partial charge in [0.2, 0.25) is 21.8 Å². The molecule has 3 aromatic carbocycles. The summed E-state index contributed by atoms with van der Waals surface area (Å²) in [6.45, 7) is -0.450. The normalized spacial score (nSPS) is 14.7. The van der Waals surface area contributed by atoms with Crippen LogP contribution in [0.25, 0.3) is 0 Å². The Balaban J connectivity index is 1.67. The summed E-state index contributed by atoms with van der Waals surface area (Å²) in [5.41, 5.74) is 1.52. The van der Waals surface area contributed by atoms with Crippen LogP contribution in [0.4, 0.5) is 0 Å². The lowest BCUT2D eigenvalue weighted by atomic mass is 10.0. The Morgan fingerprint density at radius 2 is 1.56 bits per heavy atom. The van der Waals surface area contributed by atoms with Gasteiger partial charge in [-0.1, -0.05) is 84.0 Å². The Bertz CT molecular complexity index is 1460. The second-order valence-electron chi connectivity index (χ2n) is 10.2. The molecule has 1 saturated carbocycles. The molecule has 41 heavy (non-hydrogen) atoms. The van der Waals surface area contributed by atoms with E-state index in [0.717, 1.165) is 35.6 Å². The molecule has 1 atom stereocenters. The van der Waals surface area contributed by atoms with E-state index in [9.17, 15) is 18.0 Å². The van der Waals surface area contributed by atoms with Crippen LogP contribution in [0, 0.1) is 0 Å². The summed E-state index contributed by atoms with van der Waals surface area (Å²) >= 11 is 18.3. The first-order chi connectivity index (χ1) is 19.5. The summed E-state index contributed by atoms with van der Waals surface area (Å²) in [6, 6.07) is 19.3. The SMILES string of the molecule is CN(CC(=O)N(Cc1ccc(Cl)c(Cl)c1)C(Cc1ccccc1)C(=O)NC1CCCC1)S(=O)(=O)c1ccc(Cl)cc1. The molecule has 0 bridgehead atoms. The van der Waals surface area contributed by atoms with Crippen LogP contribution in [-0.2, 0) is 32.6 Å². The minimum Gasteiger partial charge on any atom is -0.352 e. The van der Waals surface area contributed by atoms with E-state index in [1.54, 1.807) is 18.2 Å². The number of sulfonamides is 1. The molecule has 1 aliphatic carbocycles. The van der Waals surface area contributed by atoms with E-state index in [-0.39, 0.29) is 29.8 Å². The van der Waals surface area contributed by atoms with Crippen molar-refractivity contribution < 1.29 is 18.0 Å². The molecular weight excluding hydrogens is 605 g/mol. The number of benzene rings is 3. The average molecular weight is 637 g/mol. The molecule has 0 saturated heterocycles. The Labute approximate surface area is 256 Å². The number of halogens is 3. The number of hydrogen-bond acceptors (Lipinski definition) is 4. The smallest absolute Gasteiger partial charge is 0.243 e. The van der Waals surface area contributed by atoms with Crippen LogP contribution in [0.2, 0.25) is 15.1 Å². The van der Waals surface area contributed by atoms with Gasteiger partial charge in [0.1, 0.15) is 6.04 Å².